The largest absolute Gasteiger partial charge is 0.373 e. The molecule has 1 fully saturated rings. The van der Waals surface area contributed by atoms with E-state index in [9.17, 15) is 8.42 Å². The minimum Gasteiger partial charge on any atom is -0.373 e. The average Bonchev–Trinajstić information content (AvgIpc) is 3.18. The van der Waals surface area contributed by atoms with Crippen LogP contribution < -0.4 is 10.2 Å². The maximum absolute atomic E-state index is 11.2. The normalized spacial score (nSPS) is 15.3. The Morgan fingerprint density at radius 2 is 2.11 bits per heavy atom. The third-order valence-electron chi connectivity index (χ3n) is 3.12. The maximum atomic E-state index is 11.2. The van der Waals surface area contributed by atoms with E-state index in [0.29, 0.717) is 12.5 Å². The third-order valence-corrected chi connectivity index (χ3v) is 4.04. The Kier molecular flexibility index (Phi) is 3.93. The Balaban J connectivity index is 2.15. The van der Waals surface area contributed by atoms with E-state index in [1.807, 2.05) is 25.1 Å². The third kappa shape index (κ3) is 4.05. The molecule has 1 heterocycles. The van der Waals surface area contributed by atoms with Gasteiger partial charge in [0.15, 0.2) is 0 Å². The highest BCUT2D eigenvalue weighted by Crippen LogP contribution is 2.39. The Bertz CT molecular complexity index is 555. The Morgan fingerprint density at radius 3 is 2.63 bits per heavy atom. The molecule has 1 N–H and O–H groups in total. The molecule has 1 aromatic rings. The van der Waals surface area contributed by atoms with Crippen LogP contribution in [0.4, 0.5) is 11.6 Å². The highest BCUT2D eigenvalue weighted by atomic mass is 32.2. The van der Waals surface area contributed by atoms with Gasteiger partial charge in [-0.2, -0.15) is 0 Å². The zero-order valence-corrected chi connectivity index (χ0v) is 12.4. The maximum Gasteiger partial charge on any atom is 0.149 e. The van der Waals surface area contributed by atoms with Crippen LogP contribution in [-0.2, 0) is 9.84 Å². The molecule has 1 aromatic heterocycles. The summed E-state index contributed by atoms with van der Waals surface area (Å²) >= 11 is 0. The molecule has 0 aliphatic heterocycles. The second-order valence-corrected chi connectivity index (χ2v) is 7.31. The molecule has 0 atom stereocenters. The first kappa shape index (κ1) is 14.0. The van der Waals surface area contributed by atoms with Crippen LogP contribution in [0.1, 0.15) is 24.6 Å². The van der Waals surface area contributed by atoms with Crippen molar-refractivity contribution in [1.29, 1.82) is 0 Å². The number of rotatable bonds is 6. The number of nitrogens with one attached hydrogen (secondary N) is 1. The van der Waals surface area contributed by atoms with Crippen LogP contribution >= 0.6 is 0 Å². The first-order valence-electron chi connectivity index (χ1n) is 6.34. The Hall–Kier alpha value is -1.37. The minimum atomic E-state index is -2.96. The summed E-state index contributed by atoms with van der Waals surface area (Å²) in [4.78, 5) is 10.8. The van der Waals surface area contributed by atoms with Gasteiger partial charge in [0.25, 0.3) is 0 Å². The molecule has 19 heavy (non-hydrogen) atoms. The molecule has 0 spiro atoms. The number of anilines is 2. The fourth-order valence-corrected chi connectivity index (χ4v) is 2.32. The predicted molar refractivity (Wildman–Crippen MR) is 76.5 cm³/mol. The first-order chi connectivity index (χ1) is 8.89. The highest BCUT2D eigenvalue weighted by Gasteiger charge is 2.27. The molecule has 0 radical (unpaired) electrons. The molecule has 6 nitrogen and oxygen atoms in total. The van der Waals surface area contributed by atoms with Gasteiger partial charge >= 0.3 is 0 Å². The van der Waals surface area contributed by atoms with Gasteiger partial charge in [-0.05, 0) is 12.8 Å². The summed E-state index contributed by atoms with van der Waals surface area (Å²) in [5.41, 5.74) is 0. The van der Waals surface area contributed by atoms with E-state index in [1.54, 1.807) is 0 Å². The lowest BCUT2D eigenvalue weighted by molar-refractivity contribution is 0.601. The molecule has 1 aliphatic rings. The number of aromatic nitrogens is 2. The van der Waals surface area contributed by atoms with Crippen molar-refractivity contribution in [1.82, 2.24) is 9.97 Å². The fraction of sp³-hybridized carbons (Fsp3) is 0.667. The zero-order chi connectivity index (χ0) is 14.0. The summed E-state index contributed by atoms with van der Waals surface area (Å²) in [6.45, 7) is 0.434. The van der Waals surface area contributed by atoms with Gasteiger partial charge < -0.3 is 10.2 Å². The van der Waals surface area contributed by atoms with Crippen molar-refractivity contribution in [3.05, 3.63) is 11.9 Å². The minimum absolute atomic E-state index is 0.126. The van der Waals surface area contributed by atoms with Crippen LogP contribution in [-0.4, -0.2) is 51.0 Å². The van der Waals surface area contributed by atoms with Gasteiger partial charge in [-0.25, -0.2) is 18.4 Å². The van der Waals surface area contributed by atoms with Crippen molar-refractivity contribution < 1.29 is 8.42 Å². The van der Waals surface area contributed by atoms with Crippen molar-refractivity contribution in [2.75, 3.05) is 42.9 Å². The van der Waals surface area contributed by atoms with Gasteiger partial charge in [-0.3, -0.25) is 0 Å². The SMILES string of the molecule is CNc1cc(N(C)CCS(C)(=O)=O)nc(C2CC2)n1. The first-order valence-corrected chi connectivity index (χ1v) is 8.40. The highest BCUT2D eigenvalue weighted by molar-refractivity contribution is 7.90. The second-order valence-electron chi connectivity index (χ2n) is 5.05. The smallest absolute Gasteiger partial charge is 0.149 e. The van der Waals surface area contributed by atoms with E-state index >= 15 is 0 Å². The summed E-state index contributed by atoms with van der Waals surface area (Å²) in [6, 6.07) is 1.84. The van der Waals surface area contributed by atoms with Crippen LogP contribution in [0.5, 0.6) is 0 Å². The average molecular weight is 284 g/mol. The van der Waals surface area contributed by atoms with Crippen molar-refractivity contribution in [3.63, 3.8) is 0 Å². The van der Waals surface area contributed by atoms with Crippen LogP contribution in [0.2, 0.25) is 0 Å². The molecule has 0 saturated heterocycles. The molecule has 2 rings (SSSR count). The molecule has 1 aliphatic carbocycles. The number of sulfone groups is 1. The van der Waals surface area contributed by atoms with E-state index in [4.69, 9.17) is 0 Å². The van der Waals surface area contributed by atoms with E-state index in [1.165, 1.54) is 6.26 Å². The van der Waals surface area contributed by atoms with Crippen LogP contribution in [0.15, 0.2) is 6.07 Å². The monoisotopic (exact) mass is 284 g/mol. The predicted octanol–water partition coefficient (Wildman–Crippen LogP) is 0.876. The second kappa shape index (κ2) is 5.32. The van der Waals surface area contributed by atoms with Crippen molar-refractivity contribution >= 4 is 21.5 Å². The lowest BCUT2D eigenvalue weighted by atomic mass is 10.3. The van der Waals surface area contributed by atoms with Crippen LogP contribution in [0, 0.1) is 0 Å². The molecule has 0 bridgehead atoms. The quantitative estimate of drug-likeness (QED) is 0.835. The lowest BCUT2D eigenvalue weighted by Gasteiger charge is -2.19. The molecule has 7 heteroatoms. The molecular weight excluding hydrogens is 264 g/mol. The standard InChI is InChI=1S/C12H20N4O2S/c1-13-10-8-11(15-12(14-10)9-4-5-9)16(2)6-7-19(3,17)18/h8-9H,4-7H2,1-3H3,(H,13,14,15). The van der Waals surface area contributed by atoms with Crippen molar-refractivity contribution in [2.24, 2.45) is 0 Å². The van der Waals surface area contributed by atoms with E-state index in [2.05, 4.69) is 15.3 Å². The summed E-state index contributed by atoms with van der Waals surface area (Å²) < 4.78 is 22.4. The molecular formula is C12H20N4O2S. The van der Waals surface area contributed by atoms with E-state index in [0.717, 1.165) is 30.3 Å². The van der Waals surface area contributed by atoms with Gasteiger partial charge in [0.05, 0.1) is 5.75 Å². The van der Waals surface area contributed by atoms with Gasteiger partial charge in [0, 0.05) is 38.9 Å². The van der Waals surface area contributed by atoms with Gasteiger partial charge in [-0.15, -0.1) is 0 Å². The number of nitrogens with zero attached hydrogens (tertiary/aromatic N) is 3. The topological polar surface area (TPSA) is 75.2 Å². The van der Waals surface area contributed by atoms with Gasteiger partial charge in [0.2, 0.25) is 0 Å². The summed E-state index contributed by atoms with van der Waals surface area (Å²) in [5, 5.41) is 3.02. The Morgan fingerprint density at radius 1 is 1.42 bits per heavy atom. The van der Waals surface area contributed by atoms with Crippen molar-refractivity contribution in [2.45, 2.75) is 18.8 Å². The molecule has 1 saturated carbocycles. The van der Waals surface area contributed by atoms with E-state index < -0.39 is 9.84 Å². The zero-order valence-electron chi connectivity index (χ0n) is 11.5. The van der Waals surface area contributed by atoms with Gasteiger partial charge in [0.1, 0.15) is 27.3 Å². The number of hydrogen-bond acceptors (Lipinski definition) is 6. The lowest BCUT2D eigenvalue weighted by Crippen LogP contribution is -2.26. The molecule has 0 unspecified atom stereocenters. The molecule has 106 valence electrons. The van der Waals surface area contributed by atoms with Crippen LogP contribution in [0.3, 0.4) is 0 Å². The fourth-order valence-electron chi connectivity index (χ4n) is 1.72. The van der Waals surface area contributed by atoms with Crippen molar-refractivity contribution in [3.8, 4) is 0 Å². The molecule has 0 amide bonds. The van der Waals surface area contributed by atoms with E-state index in [-0.39, 0.29) is 5.75 Å². The summed E-state index contributed by atoms with van der Waals surface area (Å²) in [6.07, 6.45) is 3.52. The Labute approximate surface area is 114 Å². The van der Waals surface area contributed by atoms with Gasteiger partial charge in [-0.1, -0.05) is 0 Å². The number of hydrogen-bond donors (Lipinski definition) is 1. The summed E-state index contributed by atoms with van der Waals surface area (Å²) in [5.74, 6) is 2.99. The van der Waals surface area contributed by atoms with Crippen LogP contribution in [0.25, 0.3) is 0 Å². The summed E-state index contributed by atoms with van der Waals surface area (Å²) in [7, 11) is 0.712. The molecule has 0 aromatic carbocycles.